The predicted octanol–water partition coefficient (Wildman–Crippen LogP) is 4.21. The Morgan fingerprint density at radius 1 is 0.868 bits per heavy atom. The van der Waals surface area contributed by atoms with Crippen molar-refractivity contribution in [1.29, 1.82) is 0 Å². The molecule has 1 amide bonds. The molecule has 7 nitrogen and oxygen atoms in total. The highest BCUT2D eigenvalue weighted by molar-refractivity contribution is 5.79. The first-order valence-corrected chi connectivity index (χ1v) is 14.0. The number of halogens is 3. The summed E-state index contributed by atoms with van der Waals surface area (Å²) < 4.78 is 46.2. The van der Waals surface area contributed by atoms with Gasteiger partial charge in [-0.3, -0.25) is 14.5 Å². The van der Waals surface area contributed by atoms with Crippen molar-refractivity contribution in [2.75, 3.05) is 57.4 Å². The number of anilines is 1. The lowest BCUT2D eigenvalue weighted by Crippen LogP contribution is -2.43. The number of carbonyl (C=O) groups excluding carboxylic acids is 1. The topological polar surface area (TPSA) is 73.3 Å². The van der Waals surface area contributed by atoms with Crippen LogP contribution in [0.5, 0.6) is 0 Å². The molecule has 1 aromatic carbocycles. The molecule has 5 rings (SSSR count). The lowest BCUT2D eigenvalue weighted by atomic mass is 9.86. The number of amides is 1. The summed E-state index contributed by atoms with van der Waals surface area (Å²) in [7, 11) is 0. The number of nitrogens with zero attached hydrogens (tertiary/aromatic N) is 3. The Morgan fingerprint density at radius 2 is 1.53 bits per heavy atom. The maximum Gasteiger partial charge on any atom is 0.416 e. The van der Waals surface area contributed by atoms with E-state index in [2.05, 4.69) is 4.90 Å². The number of carboxylic acid groups (broad SMARTS) is 1. The molecule has 4 saturated heterocycles. The summed E-state index contributed by atoms with van der Waals surface area (Å²) in [4.78, 5) is 31.0. The zero-order valence-electron chi connectivity index (χ0n) is 21.8. The number of likely N-dealkylation sites (tertiary alicyclic amines) is 2. The van der Waals surface area contributed by atoms with Crippen molar-refractivity contribution in [2.45, 2.75) is 63.1 Å². The van der Waals surface area contributed by atoms with E-state index >= 15 is 0 Å². The molecule has 4 aliphatic rings. The Kier molecular flexibility index (Phi) is 8.19. The lowest BCUT2D eigenvalue weighted by molar-refractivity contribution is -0.142. The van der Waals surface area contributed by atoms with Crippen LogP contribution in [0, 0.1) is 11.8 Å². The number of rotatable bonds is 5. The number of alkyl halides is 3. The number of carboxylic acids is 1. The quantitative estimate of drug-likeness (QED) is 0.607. The number of hydrogen-bond acceptors (Lipinski definition) is 5. The fraction of sp³-hybridized carbons (Fsp3) is 0.714. The second-order valence-electron chi connectivity index (χ2n) is 11.3. The molecule has 210 valence electrons. The third-order valence-corrected chi connectivity index (χ3v) is 9.07. The maximum absolute atomic E-state index is 13.6. The van der Waals surface area contributed by atoms with E-state index in [0.29, 0.717) is 63.6 Å². The second kappa shape index (κ2) is 11.4. The molecule has 0 saturated carbocycles. The van der Waals surface area contributed by atoms with Gasteiger partial charge in [0, 0.05) is 57.7 Å². The van der Waals surface area contributed by atoms with E-state index < -0.39 is 23.6 Å². The number of carbonyl (C=O) groups is 2. The van der Waals surface area contributed by atoms with Crippen LogP contribution in [0.25, 0.3) is 0 Å². The number of hydrogen-bond donors (Lipinski definition) is 1. The van der Waals surface area contributed by atoms with E-state index in [-0.39, 0.29) is 17.7 Å². The van der Waals surface area contributed by atoms with Gasteiger partial charge < -0.3 is 19.6 Å². The summed E-state index contributed by atoms with van der Waals surface area (Å²) >= 11 is 0. The molecule has 1 aromatic rings. The molecule has 1 atom stereocenters. The van der Waals surface area contributed by atoms with Crippen molar-refractivity contribution in [3.8, 4) is 0 Å². The monoisotopic (exact) mass is 537 g/mol. The van der Waals surface area contributed by atoms with Crippen LogP contribution in [0.3, 0.4) is 0 Å². The number of benzene rings is 1. The summed E-state index contributed by atoms with van der Waals surface area (Å²) in [5.74, 6) is -0.999. The van der Waals surface area contributed by atoms with E-state index in [1.165, 1.54) is 6.07 Å². The van der Waals surface area contributed by atoms with Gasteiger partial charge in [-0.05, 0) is 75.1 Å². The first-order chi connectivity index (χ1) is 18.2. The molecule has 38 heavy (non-hydrogen) atoms. The van der Waals surface area contributed by atoms with E-state index in [0.717, 1.165) is 57.2 Å². The zero-order chi connectivity index (χ0) is 26.9. The van der Waals surface area contributed by atoms with Crippen LogP contribution in [0.2, 0.25) is 0 Å². The van der Waals surface area contributed by atoms with E-state index in [9.17, 15) is 27.9 Å². The van der Waals surface area contributed by atoms with E-state index in [1.54, 1.807) is 6.07 Å². The summed E-state index contributed by atoms with van der Waals surface area (Å²) in [6, 6.07) is 4.50. The first-order valence-electron chi connectivity index (χ1n) is 14.0. The minimum atomic E-state index is -4.44. The SMILES string of the molecule is O=C(O)C1CCN(c2cc(C(F)(F)F)ccc2C2CCN(C(=O)C3CCN(C4CCOCC4)C3)CC2)CC1. The molecule has 0 aliphatic carbocycles. The molecule has 0 radical (unpaired) electrons. The van der Waals surface area contributed by atoms with Crippen LogP contribution < -0.4 is 4.90 Å². The van der Waals surface area contributed by atoms with Crippen LogP contribution in [0.4, 0.5) is 18.9 Å². The Bertz CT molecular complexity index is 998. The average Bonchev–Trinajstić information content (AvgIpc) is 3.43. The van der Waals surface area contributed by atoms with Crippen molar-refractivity contribution < 1.29 is 32.6 Å². The lowest BCUT2D eigenvalue weighted by Gasteiger charge is -2.38. The number of ether oxygens (including phenoxy) is 1. The highest BCUT2D eigenvalue weighted by atomic mass is 19.4. The summed E-state index contributed by atoms with van der Waals surface area (Å²) in [6.07, 6.45) is 0.756. The van der Waals surface area contributed by atoms with Crippen LogP contribution in [0.15, 0.2) is 18.2 Å². The minimum absolute atomic E-state index is 0.0200. The molecule has 0 aromatic heterocycles. The molecular formula is C28H38F3N3O4. The van der Waals surface area contributed by atoms with Crippen molar-refractivity contribution in [2.24, 2.45) is 11.8 Å². The molecule has 1 N–H and O–H groups in total. The molecule has 1 unspecified atom stereocenters. The largest absolute Gasteiger partial charge is 0.481 e. The second-order valence-corrected chi connectivity index (χ2v) is 11.3. The fourth-order valence-corrected chi connectivity index (χ4v) is 6.75. The minimum Gasteiger partial charge on any atom is -0.481 e. The zero-order valence-corrected chi connectivity index (χ0v) is 21.8. The van der Waals surface area contributed by atoms with Gasteiger partial charge >= 0.3 is 12.1 Å². The van der Waals surface area contributed by atoms with Crippen LogP contribution >= 0.6 is 0 Å². The van der Waals surface area contributed by atoms with Gasteiger partial charge in [0.2, 0.25) is 5.91 Å². The highest BCUT2D eigenvalue weighted by Crippen LogP contribution is 2.40. The number of aliphatic carboxylic acids is 1. The van der Waals surface area contributed by atoms with Gasteiger partial charge in [0.05, 0.1) is 17.4 Å². The molecule has 0 spiro atoms. The molecule has 4 fully saturated rings. The Morgan fingerprint density at radius 3 is 2.16 bits per heavy atom. The molecule has 4 aliphatic heterocycles. The van der Waals surface area contributed by atoms with Gasteiger partial charge in [0.1, 0.15) is 0 Å². The Labute approximate surface area is 221 Å². The molecule has 10 heteroatoms. The average molecular weight is 538 g/mol. The van der Waals surface area contributed by atoms with Crippen molar-refractivity contribution in [1.82, 2.24) is 9.80 Å². The van der Waals surface area contributed by atoms with Crippen molar-refractivity contribution in [3.05, 3.63) is 29.3 Å². The summed E-state index contributed by atoms with van der Waals surface area (Å²) in [6.45, 7) is 5.40. The Hall–Kier alpha value is -2.33. The normalized spacial score (nSPS) is 25.2. The molecule has 0 bridgehead atoms. The third kappa shape index (κ3) is 5.96. The standard InChI is InChI=1S/C28H38F3N3O4/c29-28(30,31)22-1-2-24(25(17-22)32-10-5-20(6-11-32)27(36)37)19-3-12-33(13-4-19)26(35)21-7-14-34(18-21)23-8-15-38-16-9-23/h1-2,17,19-21,23H,3-16,18H2,(H,36,37). The van der Waals surface area contributed by atoms with Gasteiger partial charge in [-0.2, -0.15) is 13.2 Å². The van der Waals surface area contributed by atoms with Gasteiger partial charge in [0.25, 0.3) is 0 Å². The van der Waals surface area contributed by atoms with Crippen LogP contribution in [-0.4, -0.2) is 85.3 Å². The van der Waals surface area contributed by atoms with Gasteiger partial charge in [0.15, 0.2) is 0 Å². The number of piperidine rings is 2. The highest BCUT2D eigenvalue weighted by Gasteiger charge is 2.38. The smallest absolute Gasteiger partial charge is 0.416 e. The van der Waals surface area contributed by atoms with Gasteiger partial charge in [-0.15, -0.1) is 0 Å². The van der Waals surface area contributed by atoms with Crippen LogP contribution in [-0.2, 0) is 20.5 Å². The summed E-state index contributed by atoms with van der Waals surface area (Å²) in [5.41, 5.74) is 0.765. The summed E-state index contributed by atoms with van der Waals surface area (Å²) in [5, 5.41) is 9.33. The fourth-order valence-electron chi connectivity index (χ4n) is 6.75. The van der Waals surface area contributed by atoms with Crippen molar-refractivity contribution >= 4 is 17.6 Å². The van der Waals surface area contributed by atoms with E-state index in [1.807, 2.05) is 9.80 Å². The maximum atomic E-state index is 13.6. The Balaban J connectivity index is 1.23. The van der Waals surface area contributed by atoms with Gasteiger partial charge in [-0.1, -0.05) is 6.07 Å². The van der Waals surface area contributed by atoms with Crippen LogP contribution in [0.1, 0.15) is 62.0 Å². The van der Waals surface area contributed by atoms with E-state index in [4.69, 9.17) is 4.74 Å². The predicted molar refractivity (Wildman–Crippen MR) is 136 cm³/mol. The molecular weight excluding hydrogens is 499 g/mol. The third-order valence-electron chi connectivity index (χ3n) is 9.07. The van der Waals surface area contributed by atoms with Gasteiger partial charge in [-0.25, -0.2) is 0 Å². The van der Waals surface area contributed by atoms with Crippen molar-refractivity contribution in [3.63, 3.8) is 0 Å². The molecule has 4 heterocycles. The first kappa shape index (κ1) is 27.2.